The summed E-state index contributed by atoms with van der Waals surface area (Å²) in [7, 11) is 0. The van der Waals surface area contributed by atoms with Gasteiger partial charge in [0.25, 0.3) is 11.8 Å². The van der Waals surface area contributed by atoms with Gasteiger partial charge in [-0.2, -0.15) is 0 Å². The molecule has 0 bridgehead atoms. The van der Waals surface area contributed by atoms with Gasteiger partial charge in [-0.15, -0.1) is 23.2 Å². The van der Waals surface area contributed by atoms with E-state index in [1.807, 2.05) is 0 Å². The lowest BCUT2D eigenvalue weighted by molar-refractivity contribution is -0.117. The third-order valence-electron chi connectivity index (χ3n) is 5.94. The summed E-state index contributed by atoms with van der Waals surface area (Å²) in [5.74, 6) is -8.52. The molecule has 3 N–H and O–H groups in total. The molecule has 3 aromatic carbocycles. The molecule has 0 saturated heterocycles. The average molecular weight is 652 g/mol. The number of hydrogen-bond acceptors (Lipinski definition) is 3. The first-order valence-electron chi connectivity index (χ1n) is 11.1. The molecule has 1 aliphatic rings. The number of anilines is 3. The van der Waals surface area contributed by atoms with Gasteiger partial charge in [-0.3, -0.25) is 14.4 Å². The van der Waals surface area contributed by atoms with Crippen LogP contribution in [0.4, 0.5) is 30.2 Å². The maximum Gasteiger partial charge on any atom is 0.283 e. The molecule has 0 heterocycles. The molecule has 6 nitrogen and oxygen atoms in total. The van der Waals surface area contributed by atoms with Crippen LogP contribution in [0, 0.1) is 17.6 Å². The van der Waals surface area contributed by atoms with Gasteiger partial charge in [0.1, 0.15) is 15.8 Å². The van der Waals surface area contributed by atoms with Crippen LogP contribution >= 0.6 is 58.0 Å². The predicted molar refractivity (Wildman–Crippen MR) is 150 cm³/mol. The first-order chi connectivity index (χ1) is 18.7. The van der Waals surface area contributed by atoms with Crippen LogP contribution in [0.25, 0.3) is 0 Å². The van der Waals surface area contributed by atoms with E-state index < -0.39 is 62.7 Å². The molecule has 208 valence electrons. The second-order valence-corrected chi connectivity index (χ2v) is 11.3. The molecule has 3 aromatic rings. The van der Waals surface area contributed by atoms with Crippen molar-refractivity contribution in [2.24, 2.45) is 5.92 Å². The Bertz CT molecular complexity index is 1580. The fourth-order valence-electron chi connectivity index (χ4n) is 3.91. The zero-order valence-electron chi connectivity index (χ0n) is 19.7. The fourth-order valence-corrected chi connectivity index (χ4v) is 5.24. The summed E-state index contributed by atoms with van der Waals surface area (Å²) in [4.78, 5) is 37.4. The number of carbonyl (C=O) groups is 3. The minimum atomic E-state index is -1.48. The van der Waals surface area contributed by atoms with E-state index >= 15 is 0 Å². The topological polar surface area (TPSA) is 87.3 Å². The number of halogens is 8. The van der Waals surface area contributed by atoms with E-state index in [1.165, 1.54) is 18.2 Å². The molecule has 1 saturated carbocycles. The average Bonchev–Trinajstić information content (AvgIpc) is 3.47. The van der Waals surface area contributed by atoms with Crippen LogP contribution in [0.1, 0.15) is 21.8 Å². The molecule has 0 spiro atoms. The molecule has 1 unspecified atom stereocenters. The van der Waals surface area contributed by atoms with E-state index in [9.17, 15) is 27.6 Å². The Labute approximate surface area is 250 Å². The summed E-state index contributed by atoms with van der Waals surface area (Å²) < 4.78 is 40.4. The molecule has 1 fully saturated rings. The Morgan fingerprint density at radius 2 is 1.52 bits per heavy atom. The minimum absolute atomic E-state index is 0.0654. The van der Waals surface area contributed by atoms with E-state index in [1.54, 1.807) is 23.5 Å². The summed E-state index contributed by atoms with van der Waals surface area (Å²) in [6, 6.07) is 10.3. The maximum absolute atomic E-state index is 14.8. The van der Waals surface area contributed by atoms with Crippen LogP contribution in [-0.2, 0) is 9.59 Å². The van der Waals surface area contributed by atoms with Crippen molar-refractivity contribution >= 4 is 92.8 Å². The number of carbonyl (C=O) groups excluding carboxylic acids is 3. The third kappa shape index (κ3) is 6.04. The number of nitrogens with one attached hydrogen (secondary N) is 3. The lowest BCUT2D eigenvalue weighted by atomic mass is 10.1. The van der Waals surface area contributed by atoms with E-state index in [-0.39, 0.29) is 21.3 Å². The SMILES string of the molecule is C=C(F)C(=O)Nc1c(F)ccc(NC(=O)c2cc(NC(=O)C3[C@H](c4ccc(Cl)c(Cl)c4)C3(Cl)Cl)ccc2Cl)c1F. The normalized spacial score (nSPS) is 17.1. The molecule has 3 amide bonds. The lowest BCUT2D eigenvalue weighted by Gasteiger charge is -2.13. The van der Waals surface area contributed by atoms with Crippen molar-refractivity contribution < 1.29 is 27.6 Å². The summed E-state index contributed by atoms with van der Waals surface area (Å²) in [5, 5.41) is 7.02. The number of alkyl halides is 2. The van der Waals surface area contributed by atoms with Crippen molar-refractivity contribution in [3.05, 3.63) is 98.8 Å². The van der Waals surface area contributed by atoms with Gasteiger partial charge < -0.3 is 16.0 Å². The van der Waals surface area contributed by atoms with Crippen molar-refractivity contribution in [3.8, 4) is 0 Å². The van der Waals surface area contributed by atoms with Crippen molar-refractivity contribution in [2.75, 3.05) is 16.0 Å². The van der Waals surface area contributed by atoms with Crippen molar-refractivity contribution in [1.29, 1.82) is 0 Å². The molecule has 40 heavy (non-hydrogen) atoms. The van der Waals surface area contributed by atoms with E-state index in [0.717, 1.165) is 12.1 Å². The highest BCUT2D eigenvalue weighted by atomic mass is 35.5. The molecule has 14 heteroatoms. The summed E-state index contributed by atoms with van der Waals surface area (Å²) in [5.41, 5.74) is -1.000. The standard InChI is InChI=1S/C26H15Cl5F3N3O3/c1-10(32)23(38)37-22-17(33)6-7-18(21(22)34)36-24(39)13-9-12(3-5-14(13)27)35-25(40)20-19(26(20,30)31)11-2-4-15(28)16(29)8-11/h2-9,19-20H,1H2,(H,35,40)(H,36,39)(H,37,38)/t19-,20?/m0/s1. The molecule has 0 aromatic heterocycles. The monoisotopic (exact) mass is 649 g/mol. The van der Waals surface area contributed by atoms with Gasteiger partial charge in [0.15, 0.2) is 11.6 Å². The Morgan fingerprint density at radius 1 is 0.850 bits per heavy atom. The first-order valence-corrected chi connectivity index (χ1v) is 13.0. The number of amides is 3. The Hall–Kier alpha value is -2.95. The molecule has 0 radical (unpaired) electrons. The maximum atomic E-state index is 14.8. The molecule has 1 aliphatic carbocycles. The molecular formula is C26H15Cl5F3N3O3. The molecule has 0 aliphatic heterocycles. The highest BCUT2D eigenvalue weighted by Gasteiger charge is 2.67. The molecule has 4 rings (SSSR count). The zero-order chi connectivity index (χ0) is 29.5. The van der Waals surface area contributed by atoms with Gasteiger partial charge in [-0.05, 0) is 48.0 Å². The minimum Gasteiger partial charge on any atom is -0.326 e. The van der Waals surface area contributed by atoms with Crippen molar-refractivity contribution in [2.45, 2.75) is 10.3 Å². The van der Waals surface area contributed by atoms with Gasteiger partial charge in [-0.25, -0.2) is 13.2 Å². The largest absolute Gasteiger partial charge is 0.326 e. The smallest absolute Gasteiger partial charge is 0.283 e. The van der Waals surface area contributed by atoms with Crippen LogP contribution in [0.5, 0.6) is 0 Å². The van der Waals surface area contributed by atoms with E-state index in [2.05, 4.69) is 17.2 Å². The summed E-state index contributed by atoms with van der Waals surface area (Å²) in [6.07, 6.45) is 0. The van der Waals surface area contributed by atoms with Crippen molar-refractivity contribution in [3.63, 3.8) is 0 Å². The summed E-state index contributed by atoms with van der Waals surface area (Å²) in [6.45, 7) is 2.75. The summed E-state index contributed by atoms with van der Waals surface area (Å²) >= 11 is 30.9. The van der Waals surface area contributed by atoms with Crippen LogP contribution in [-0.4, -0.2) is 22.1 Å². The van der Waals surface area contributed by atoms with Crippen LogP contribution in [0.3, 0.4) is 0 Å². The van der Waals surface area contributed by atoms with Crippen LogP contribution in [0.2, 0.25) is 15.1 Å². The second-order valence-electron chi connectivity index (χ2n) is 8.58. The Kier molecular flexibility index (Phi) is 8.63. The van der Waals surface area contributed by atoms with Gasteiger partial charge in [0.2, 0.25) is 5.91 Å². The van der Waals surface area contributed by atoms with Crippen molar-refractivity contribution in [1.82, 2.24) is 0 Å². The highest BCUT2D eigenvalue weighted by Crippen LogP contribution is 2.65. The van der Waals surface area contributed by atoms with Crippen LogP contribution < -0.4 is 16.0 Å². The number of benzene rings is 3. The van der Waals surface area contributed by atoms with Gasteiger partial charge in [-0.1, -0.05) is 47.4 Å². The highest BCUT2D eigenvalue weighted by molar-refractivity contribution is 6.53. The van der Waals surface area contributed by atoms with Gasteiger partial charge in [0, 0.05) is 11.6 Å². The molecule has 2 atom stereocenters. The molecular weight excluding hydrogens is 637 g/mol. The lowest BCUT2D eigenvalue weighted by Crippen LogP contribution is -2.19. The number of rotatable bonds is 7. The van der Waals surface area contributed by atoms with E-state index in [0.29, 0.717) is 10.6 Å². The predicted octanol–water partition coefficient (Wildman–Crippen LogP) is 8.13. The number of hydrogen-bond donors (Lipinski definition) is 3. The van der Waals surface area contributed by atoms with Crippen LogP contribution in [0.15, 0.2) is 60.9 Å². The third-order valence-corrected chi connectivity index (χ3v) is 7.95. The zero-order valence-corrected chi connectivity index (χ0v) is 23.5. The fraction of sp³-hybridized carbons (Fsp3) is 0.115. The Balaban J connectivity index is 1.52. The van der Waals surface area contributed by atoms with E-state index in [4.69, 9.17) is 58.0 Å². The first kappa shape index (κ1) is 30.0. The van der Waals surface area contributed by atoms with Gasteiger partial charge >= 0.3 is 0 Å². The Morgan fingerprint density at radius 3 is 2.17 bits per heavy atom. The second kappa shape index (κ2) is 11.5. The quantitative estimate of drug-likeness (QED) is 0.178. The van der Waals surface area contributed by atoms with Gasteiger partial charge in [0.05, 0.1) is 32.2 Å².